The van der Waals surface area contributed by atoms with Crippen molar-refractivity contribution >= 4 is 34.9 Å². The molecule has 0 unspecified atom stereocenters. The largest absolute Gasteiger partial charge is 0.297 e. The number of hydrogen-bond acceptors (Lipinski definition) is 3. The predicted octanol–water partition coefficient (Wildman–Crippen LogP) is 1.39. The Balaban J connectivity index is 0.000000845. The zero-order valence-electron chi connectivity index (χ0n) is 6.32. The normalized spacial score (nSPS) is 9.62. The minimum Gasteiger partial charge on any atom is -0.297 e. The van der Waals surface area contributed by atoms with Crippen LogP contribution in [0, 0.1) is 0 Å². The number of nitrogens with one attached hydrogen (secondary N) is 1. The van der Waals surface area contributed by atoms with Gasteiger partial charge in [-0.1, -0.05) is 0 Å². The van der Waals surface area contributed by atoms with Gasteiger partial charge in [0.05, 0.1) is 17.1 Å². The second-order valence-electron chi connectivity index (χ2n) is 2.25. The lowest BCUT2D eigenvalue weighted by Crippen LogP contribution is -2.07. The first-order chi connectivity index (χ1) is 5.77. The number of aromatic nitrogens is 3. The molecule has 0 aromatic carbocycles. The molecule has 0 amide bonds. The third kappa shape index (κ3) is 1.79. The monoisotopic (exact) mass is 217 g/mol. The summed E-state index contributed by atoms with van der Waals surface area (Å²) in [7, 11) is 0. The molecule has 6 heteroatoms. The Morgan fingerprint density at radius 2 is 2.23 bits per heavy atom. The maximum Gasteiger partial charge on any atom is 0.259 e. The quantitative estimate of drug-likeness (QED) is 0.679. The molecule has 13 heavy (non-hydrogen) atoms. The fraction of sp³-hybridized carbons (Fsp3) is 0. The van der Waals surface area contributed by atoms with Gasteiger partial charge < -0.3 is 0 Å². The van der Waals surface area contributed by atoms with Gasteiger partial charge in [-0.15, -0.1) is 12.4 Å². The van der Waals surface area contributed by atoms with Crippen LogP contribution in [0.3, 0.4) is 0 Å². The van der Waals surface area contributed by atoms with Crippen LogP contribution in [0.25, 0.3) is 10.9 Å². The molecule has 2 aromatic heterocycles. The Morgan fingerprint density at radius 1 is 1.46 bits per heavy atom. The summed E-state index contributed by atoms with van der Waals surface area (Å²) in [6, 6.07) is 1.59. The minimum atomic E-state index is -0.243. The molecule has 0 saturated carbocycles. The van der Waals surface area contributed by atoms with Crippen molar-refractivity contribution in [2.75, 3.05) is 0 Å². The average molecular weight is 218 g/mol. The molecule has 2 rings (SSSR count). The number of fused-ring (bicyclic) bond motifs is 1. The highest BCUT2D eigenvalue weighted by Gasteiger charge is 1.99. The molecule has 0 aliphatic rings. The van der Waals surface area contributed by atoms with E-state index in [0.29, 0.717) is 10.9 Å². The summed E-state index contributed by atoms with van der Waals surface area (Å²) in [6.45, 7) is 0. The maximum absolute atomic E-state index is 11.2. The highest BCUT2D eigenvalue weighted by atomic mass is 35.5. The first-order valence-corrected chi connectivity index (χ1v) is 3.65. The summed E-state index contributed by atoms with van der Waals surface area (Å²) < 4.78 is 0. The van der Waals surface area contributed by atoms with E-state index < -0.39 is 0 Å². The average Bonchev–Trinajstić information content (AvgIpc) is 2.04. The number of nitrogens with zero attached hydrogens (tertiary/aromatic N) is 2. The molecule has 0 saturated heterocycles. The maximum atomic E-state index is 11.2. The van der Waals surface area contributed by atoms with Gasteiger partial charge in [-0.3, -0.25) is 14.8 Å². The molecule has 4 nitrogen and oxygen atoms in total. The highest BCUT2D eigenvalue weighted by molar-refractivity contribution is 6.28. The van der Waals surface area contributed by atoms with Crippen molar-refractivity contribution in [1.82, 2.24) is 15.0 Å². The molecular weight excluding hydrogens is 213 g/mol. The smallest absolute Gasteiger partial charge is 0.259 e. The second kappa shape index (κ2) is 3.72. The molecule has 1 N–H and O–H groups in total. The molecular formula is C7H5Cl2N3O. The second-order valence-corrected chi connectivity index (χ2v) is 2.61. The van der Waals surface area contributed by atoms with Crippen molar-refractivity contribution in [2.24, 2.45) is 0 Å². The number of hydrogen-bond donors (Lipinski definition) is 1. The van der Waals surface area contributed by atoms with Gasteiger partial charge >= 0.3 is 0 Å². The summed E-state index contributed by atoms with van der Waals surface area (Å²) >= 11 is 5.53. The molecule has 68 valence electrons. The molecule has 0 radical (unpaired) electrons. The SMILES string of the molecule is Cl.O=c1[nH]c(Cl)nc2cnccc12. The number of rotatable bonds is 0. The molecule has 0 atom stereocenters. The van der Waals surface area contributed by atoms with Crippen molar-refractivity contribution < 1.29 is 0 Å². The first kappa shape index (κ1) is 9.95. The van der Waals surface area contributed by atoms with Gasteiger partial charge in [-0.25, -0.2) is 4.98 Å². The van der Waals surface area contributed by atoms with Crippen LogP contribution in [0.15, 0.2) is 23.3 Å². The van der Waals surface area contributed by atoms with Crippen LogP contribution >= 0.6 is 24.0 Å². The van der Waals surface area contributed by atoms with Crippen LogP contribution in [-0.2, 0) is 0 Å². The fourth-order valence-corrected chi connectivity index (χ4v) is 1.14. The fourth-order valence-electron chi connectivity index (χ4n) is 0.962. The molecule has 2 aromatic rings. The Hall–Kier alpha value is -1.13. The van der Waals surface area contributed by atoms with Crippen molar-refractivity contribution in [2.45, 2.75) is 0 Å². The Kier molecular flexibility index (Phi) is 2.85. The number of H-pyrrole nitrogens is 1. The molecule has 0 spiro atoms. The van der Waals surface area contributed by atoms with Gasteiger partial charge in [-0.2, -0.15) is 0 Å². The van der Waals surface area contributed by atoms with Crippen molar-refractivity contribution in [1.29, 1.82) is 0 Å². The van der Waals surface area contributed by atoms with E-state index in [2.05, 4.69) is 15.0 Å². The van der Waals surface area contributed by atoms with Crippen LogP contribution in [-0.4, -0.2) is 15.0 Å². The Morgan fingerprint density at radius 3 is 3.00 bits per heavy atom. The van der Waals surface area contributed by atoms with E-state index in [1.54, 1.807) is 6.07 Å². The van der Waals surface area contributed by atoms with Gasteiger partial charge in [-0.05, 0) is 17.7 Å². The van der Waals surface area contributed by atoms with Crippen LogP contribution in [0.2, 0.25) is 5.28 Å². The van der Waals surface area contributed by atoms with Gasteiger partial charge in [0.25, 0.3) is 5.56 Å². The lowest BCUT2D eigenvalue weighted by molar-refractivity contribution is 1.16. The summed E-state index contributed by atoms with van der Waals surface area (Å²) in [6.07, 6.45) is 3.03. The summed E-state index contributed by atoms with van der Waals surface area (Å²) in [5.74, 6) is 0. The van der Waals surface area contributed by atoms with Gasteiger partial charge in [0.1, 0.15) is 0 Å². The van der Waals surface area contributed by atoms with E-state index in [9.17, 15) is 4.79 Å². The van der Waals surface area contributed by atoms with Crippen molar-refractivity contribution in [3.8, 4) is 0 Å². The first-order valence-electron chi connectivity index (χ1n) is 3.27. The van der Waals surface area contributed by atoms with Crippen LogP contribution < -0.4 is 5.56 Å². The molecule has 0 fully saturated rings. The van der Waals surface area contributed by atoms with E-state index in [1.165, 1.54) is 12.4 Å². The zero-order valence-corrected chi connectivity index (χ0v) is 7.89. The van der Waals surface area contributed by atoms with Crippen LogP contribution in [0.1, 0.15) is 0 Å². The standard InChI is InChI=1S/C7H4ClN3O.ClH/c8-7-10-5-3-9-2-1-4(5)6(12)11-7;/h1-3H,(H,10,11,12);1H. The van der Waals surface area contributed by atoms with Crippen molar-refractivity contribution in [3.05, 3.63) is 34.1 Å². The van der Waals surface area contributed by atoms with Crippen molar-refractivity contribution in [3.63, 3.8) is 0 Å². The summed E-state index contributed by atoms with van der Waals surface area (Å²) in [5.41, 5.74) is 0.263. The highest BCUT2D eigenvalue weighted by Crippen LogP contribution is 2.05. The van der Waals surface area contributed by atoms with Gasteiger partial charge in [0, 0.05) is 6.20 Å². The molecule has 0 aliphatic carbocycles. The zero-order chi connectivity index (χ0) is 8.55. The summed E-state index contributed by atoms with van der Waals surface area (Å²) in [4.78, 5) is 21.3. The number of halogens is 2. The molecule has 0 bridgehead atoms. The van der Waals surface area contributed by atoms with E-state index in [1.807, 2.05) is 0 Å². The van der Waals surface area contributed by atoms with E-state index >= 15 is 0 Å². The van der Waals surface area contributed by atoms with Gasteiger partial charge in [0.15, 0.2) is 0 Å². The van der Waals surface area contributed by atoms with E-state index in [0.717, 1.165) is 0 Å². The summed E-state index contributed by atoms with van der Waals surface area (Å²) in [5, 5.41) is 0.579. The van der Waals surface area contributed by atoms with Crippen LogP contribution in [0.4, 0.5) is 0 Å². The Bertz CT molecular complexity index is 482. The minimum absolute atomic E-state index is 0. The third-order valence-corrected chi connectivity index (χ3v) is 1.66. The molecule has 2 heterocycles. The van der Waals surface area contributed by atoms with Crippen LogP contribution in [0.5, 0.6) is 0 Å². The van der Waals surface area contributed by atoms with Gasteiger partial charge in [0.2, 0.25) is 5.28 Å². The topological polar surface area (TPSA) is 58.6 Å². The van der Waals surface area contributed by atoms with E-state index in [4.69, 9.17) is 11.6 Å². The number of pyridine rings is 1. The third-order valence-electron chi connectivity index (χ3n) is 1.48. The Labute approximate surface area is 84.4 Å². The number of aromatic amines is 1. The lowest BCUT2D eigenvalue weighted by Gasteiger charge is -1.94. The van der Waals surface area contributed by atoms with E-state index in [-0.39, 0.29) is 23.2 Å². The molecule has 0 aliphatic heterocycles. The lowest BCUT2D eigenvalue weighted by atomic mass is 10.3. The predicted molar refractivity (Wildman–Crippen MR) is 52.4 cm³/mol.